The summed E-state index contributed by atoms with van der Waals surface area (Å²) in [6.45, 7) is 2.81. The maximum absolute atomic E-state index is 13.6. The number of carbonyl (C=O) groups is 1. The molecule has 19 heavy (non-hydrogen) atoms. The second-order valence-electron chi connectivity index (χ2n) is 4.08. The van der Waals surface area contributed by atoms with Gasteiger partial charge >= 0.3 is 0 Å². The van der Waals surface area contributed by atoms with Crippen LogP contribution in [0.3, 0.4) is 0 Å². The van der Waals surface area contributed by atoms with E-state index in [2.05, 4.69) is 10.6 Å². The molecule has 1 atom stereocenters. The molecular formula is C13H19FN2O2S. The first kappa shape index (κ1) is 15.6. The molecule has 106 valence electrons. The highest BCUT2D eigenvalue weighted by atomic mass is 32.2. The summed E-state index contributed by atoms with van der Waals surface area (Å²) in [5.41, 5.74) is 0.515. The minimum Gasteiger partial charge on any atom is -0.382 e. The second-order valence-corrected chi connectivity index (χ2v) is 5.63. The van der Waals surface area contributed by atoms with Gasteiger partial charge in [-0.05, 0) is 25.5 Å². The average molecular weight is 286 g/mol. The molecule has 0 bridgehead atoms. The lowest BCUT2D eigenvalue weighted by Crippen LogP contribution is -2.26. The van der Waals surface area contributed by atoms with Crippen LogP contribution in [0.15, 0.2) is 18.2 Å². The molecule has 0 fully saturated rings. The molecule has 4 nitrogen and oxygen atoms in total. The third kappa shape index (κ3) is 4.98. The number of halogens is 1. The van der Waals surface area contributed by atoms with E-state index in [1.54, 1.807) is 12.3 Å². The lowest BCUT2D eigenvalue weighted by atomic mass is 10.1. The van der Waals surface area contributed by atoms with E-state index in [1.807, 2.05) is 6.92 Å². The number of nitrogens with one attached hydrogen (secondary N) is 2. The predicted octanol–water partition coefficient (Wildman–Crippen LogP) is 1.76. The van der Waals surface area contributed by atoms with Gasteiger partial charge in [0.2, 0.25) is 0 Å². The fraction of sp³-hybridized carbons (Fsp3) is 0.462. The van der Waals surface area contributed by atoms with Crippen LogP contribution < -0.4 is 10.6 Å². The van der Waals surface area contributed by atoms with Gasteiger partial charge in [-0.15, -0.1) is 0 Å². The first-order chi connectivity index (χ1) is 9.06. The van der Waals surface area contributed by atoms with Crippen molar-refractivity contribution in [3.63, 3.8) is 0 Å². The van der Waals surface area contributed by atoms with Gasteiger partial charge in [-0.3, -0.25) is 9.00 Å². The Kier molecular flexibility index (Phi) is 6.49. The Morgan fingerprint density at radius 3 is 2.79 bits per heavy atom. The van der Waals surface area contributed by atoms with Gasteiger partial charge in [-0.25, -0.2) is 4.39 Å². The van der Waals surface area contributed by atoms with Gasteiger partial charge in [0.25, 0.3) is 5.91 Å². The zero-order valence-corrected chi connectivity index (χ0v) is 12.0. The molecule has 1 aromatic rings. The molecule has 0 aliphatic rings. The first-order valence-electron chi connectivity index (χ1n) is 6.16. The van der Waals surface area contributed by atoms with Crippen LogP contribution in [0.25, 0.3) is 0 Å². The predicted molar refractivity (Wildman–Crippen MR) is 76.4 cm³/mol. The van der Waals surface area contributed by atoms with E-state index in [1.165, 1.54) is 12.1 Å². The zero-order valence-electron chi connectivity index (χ0n) is 11.2. The van der Waals surface area contributed by atoms with Gasteiger partial charge in [-0.1, -0.05) is 6.07 Å². The molecule has 2 N–H and O–H groups in total. The SMILES string of the molecule is CCNc1c(F)cccc1C(=O)NCCCS(C)=O. The maximum Gasteiger partial charge on any atom is 0.253 e. The lowest BCUT2D eigenvalue weighted by Gasteiger charge is -2.11. The minimum atomic E-state index is -0.860. The third-order valence-electron chi connectivity index (χ3n) is 2.51. The Morgan fingerprint density at radius 1 is 1.42 bits per heavy atom. The van der Waals surface area contributed by atoms with E-state index < -0.39 is 16.6 Å². The van der Waals surface area contributed by atoms with Gasteiger partial charge in [-0.2, -0.15) is 0 Å². The smallest absolute Gasteiger partial charge is 0.253 e. The van der Waals surface area contributed by atoms with E-state index in [0.717, 1.165) is 0 Å². The van der Waals surface area contributed by atoms with Crippen LogP contribution in [-0.4, -0.2) is 35.2 Å². The van der Waals surface area contributed by atoms with E-state index in [9.17, 15) is 13.4 Å². The van der Waals surface area contributed by atoms with Crippen LogP contribution >= 0.6 is 0 Å². The molecule has 0 heterocycles. The standard InChI is InChI=1S/C13H19FN2O2S/c1-3-15-12-10(6-4-7-11(12)14)13(17)16-8-5-9-19(2)18/h4,6-7,15H,3,5,8-9H2,1-2H3,(H,16,17). The Bertz CT molecular complexity index is 466. The maximum atomic E-state index is 13.6. The Morgan fingerprint density at radius 2 is 2.16 bits per heavy atom. The topological polar surface area (TPSA) is 58.2 Å². The molecule has 0 aromatic heterocycles. The summed E-state index contributed by atoms with van der Waals surface area (Å²) >= 11 is 0. The Balaban J connectivity index is 2.66. The Labute approximate surface area is 115 Å². The van der Waals surface area contributed by atoms with Crippen molar-refractivity contribution < 1.29 is 13.4 Å². The molecule has 0 aliphatic carbocycles. The molecule has 0 saturated heterocycles. The van der Waals surface area contributed by atoms with E-state index in [0.29, 0.717) is 30.8 Å². The van der Waals surface area contributed by atoms with Crippen molar-refractivity contribution in [2.24, 2.45) is 0 Å². The van der Waals surface area contributed by atoms with Crippen LogP contribution in [0, 0.1) is 5.82 Å². The van der Waals surface area contributed by atoms with E-state index in [4.69, 9.17) is 0 Å². The minimum absolute atomic E-state index is 0.224. The Hall–Kier alpha value is -1.43. The number of benzene rings is 1. The normalized spacial score (nSPS) is 11.9. The van der Waals surface area contributed by atoms with Crippen molar-refractivity contribution in [1.82, 2.24) is 5.32 Å². The van der Waals surface area contributed by atoms with Crippen molar-refractivity contribution in [2.45, 2.75) is 13.3 Å². The molecule has 6 heteroatoms. The largest absolute Gasteiger partial charge is 0.382 e. The third-order valence-corrected chi connectivity index (χ3v) is 3.37. The number of anilines is 1. The van der Waals surface area contributed by atoms with Crippen molar-refractivity contribution in [3.8, 4) is 0 Å². The van der Waals surface area contributed by atoms with E-state index >= 15 is 0 Å². The van der Waals surface area contributed by atoms with Crippen LogP contribution in [0.4, 0.5) is 10.1 Å². The fourth-order valence-electron chi connectivity index (χ4n) is 1.64. The molecule has 0 aliphatic heterocycles. The lowest BCUT2D eigenvalue weighted by molar-refractivity contribution is 0.0954. The van der Waals surface area contributed by atoms with Crippen molar-refractivity contribution >= 4 is 22.4 Å². The molecular weight excluding hydrogens is 267 g/mol. The highest BCUT2D eigenvalue weighted by molar-refractivity contribution is 7.84. The first-order valence-corrected chi connectivity index (χ1v) is 7.89. The summed E-state index contributed by atoms with van der Waals surface area (Å²) < 4.78 is 24.5. The number of hydrogen-bond donors (Lipinski definition) is 2. The van der Waals surface area contributed by atoms with Crippen LogP contribution in [0.5, 0.6) is 0 Å². The number of carbonyl (C=O) groups excluding carboxylic acids is 1. The zero-order chi connectivity index (χ0) is 14.3. The molecule has 0 radical (unpaired) electrons. The number of para-hydroxylation sites is 1. The monoisotopic (exact) mass is 286 g/mol. The quantitative estimate of drug-likeness (QED) is 0.751. The average Bonchev–Trinajstić information content (AvgIpc) is 2.36. The fourth-order valence-corrected chi connectivity index (χ4v) is 2.19. The molecule has 0 saturated carbocycles. The summed E-state index contributed by atoms with van der Waals surface area (Å²) in [7, 11) is -0.860. The summed E-state index contributed by atoms with van der Waals surface area (Å²) in [5.74, 6) is -0.217. The van der Waals surface area contributed by atoms with Crippen molar-refractivity contribution in [1.29, 1.82) is 0 Å². The van der Waals surface area contributed by atoms with Crippen molar-refractivity contribution in [2.75, 3.05) is 30.4 Å². The van der Waals surface area contributed by atoms with Crippen LogP contribution in [-0.2, 0) is 10.8 Å². The number of rotatable bonds is 7. The molecule has 1 aromatic carbocycles. The second kappa shape index (κ2) is 7.89. The molecule has 1 unspecified atom stereocenters. The van der Waals surface area contributed by atoms with Gasteiger partial charge in [0.15, 0.2) is 0 Å². The molecule has 1 rings (SSSR count). The summed E-state index contributed by atoms with van der Waals surface area (Å²) in [4.78, 5) is 11.9. The van der Waals surface area contributed by atoms with E-state index in [-0.39, 0.29) is 11.6 Å². The van der Waals surface area contributed by atoms with Gasteiger partial charge in [0, 0.05) is 35.9 Å². The molecule has 1 amide bonds. The number of amides is 1. The molecule has 0 spiro atoms. The summed E-state index contributed by atoms with van der Waals surface area (Å²) in [6, 6.07) is 4.40. The van der Waals surface area contributed by atoms with Gasteiger partial charge in [0.05, 0.1) is 11.3 Å². The number of hydrogen-bond acceptors (Lipinski definition) is 3. The summed E-state index contributed by atoms with van der Waals surface area (Å²) in [5, 5.41) is 5.55. The highest BCUT2D eigenvalue weighted by Gasteiger charge is 2.13. The van der Waals surface area contributed by atoms with Crippen molar-refractivity contribution in [3.05, 3.63) is 29.6 Å². The van der Waals surface area contributed by atoms with Crippen LogP contribution in [0.2, 0.25) is 0 Å². The summed E-state index contributed by atoms with van der Waals surface area (Å²) in [6.07, 6.45) is 2.26. The van der Waals surface area contributed by atoms with Crippen LogP contribution in [0.1, 0.15) is 23.7 Å². The highest BCUT2D eigenvalue weighted by Crippen LogP contribution is 2.19. The van der Waals surface area contributed by atoms with Gasteiger partial charge < -0.3 is 10.6 Å². The van der Waals surface area contributed by atoms with Gasteiger partial charge in [0.1, 0.15) is 5.82 Å².